The Morgan fingerprint density at radius 2 is 1.88 bits per heavy atom. The number of carbonyl (C=O) groups excluding carboxylic acids is 1. The molecule has 0 bridgehead atoms. The fourth-order valence-corrected chi connectivity index (χ4v) is 3.41. The summed E-state index contributed by atoms with van der Waals surface area (Å²) in [6.45, 7) is 0.951. The molecule has 1 atom stereocenters. The van der Waals surface area contributed by atoms with Crippen LogP contribution in [0.15, 0.2) is 24.3 Å². The van der Waals surface area contributed by atoms with Crippen molar-refractivity contribution in [2.24, 2.45) is 0 Å². The van der Waals surface area contributed by atoms with E-state index >= 15 is 0 Å². The minimum Gasteiger partial charge on any atom is -0.381 e. The maximum Gasteiger partial charge on any atom is 0.262 e. The van der Waals surface area contributed by atoms with Crippen molar-refractivity contribution in [2.45, 2.75) is 36.6 Å². The number of hydrogen-bond donors (Lipinski definition) is 2. The lowest BCUT2D eigenvalue weighted by atomic mass is 9.74. The summed E-state index contributed by atoms with van der Waals surface area (Å²) in [5, 5.41) is 5.36. The van der Waals surface area contributed by atoms with Crippen LogP contribution in [0.3, 0.4) is 0 Å². The molecule has 2 aliphatic heterocycles. The molecule has 1 unspecified atom stereocenters. The normalized spacial score (nSPS) is 24.4. The summed E-state index contributed by atoms with van der Waals surface area (Å²) in [7, 11) is 0. The first-order chi connectivity index (χ1) is 11.4. The lowest BCUT2D eigenvalue weighted by molar-refractivity contribution is -0.123. The van der Waals surface area contributed by atoms with Gasteiger partial charge in [-0.05, 0) is 30.5 Å². The van der Waals surface area contributed by atoms with Gasteiger partial charge >= 0.3 is 0 Å². The second-order valence-electron chi connectivity index (χ2n) is 6.61. The molecule has 2 aliphatic rings. The molecule has 2 heterocycles. The number of hydrogen-bond acceptors (Lipinski definition) is 3. The quantitative estimate of drug-likeness (QED) is 0.846. The van der Waals surface area contributed by atoms with Gasteiger partial charge in [0.15, 0.2) is 0 Å². The van der Waals surface area contributed by atoms with Gasteiger partial charge in [-0.15, -0.1) is 12.4 Å². The molecule has 2 fully saturated rings. The maximum atomic E-state index is 13.2. The molecule has 0 aliphatic carbocycles. The van der Waals surface area contributed by atoms with E-state index in [9.17, 15) is 18.0 Å². The third-order valence-corrected chi connectivity index (χ3v) is 4.93. The van der Waals surface area contributed by atoms with Gasteiger partial charge < -0.3 is 10.1 Å². The standard InChI is InChI=1S/C17H21F3N2O2.ClH/c18-13-3-1-12(2-4-13)16(5-7-24-8-6-16)10-22-15(23)14-9-17(19,20)11-21-14;/h1-4,14,21H,5-11H2,(H,22,23);1H. The molecule has 3 rings (SSSR count). The molecule has 0 aromatic heterocycles. The molecule has 25 heavy (non-hydrogen) atoms. The van der Waals surface area contributed by atoms with E-state index in [2.05, 4.69) is 10.6 Å². The van der Waals surface area contributed by atoms with E-state index in [1.807, 2.05) is 0 Å². The Hall–Kier alpha value is -1.31. The minimum atomic E-state index is -2.84. The number of carbonyl (C=O) groups is 1. The average molecular weight is 379 g/mol. The van der Waals surface area contributed by atoms with E-state index in [-0.39, 0.29) is 23.6 Å². The Labute approximate surface area is 150 Å². The van der Waals surface area contributed by atoms with Gasteiger partial charge in [0.25, 0.3) is 5.92 Å². The SMILES string of the molecule is Cl.O=C(NCC1(c2ccc(F)cc2)CCOCC1)C1CC(F)(F)CN1. The smallest absolute Gasteiger partial charge is 0.262 e. The zero-order valence-electron chi connectivity index (χ0n) is 13.7. The van der Waals surface area contributed by atoms with Gasteiger partial charge in [0.1, 0.15) is 5.82 Å². The van der Waals surface area contributed by atoms with Gasteiger partial charge in [-0.2, -0.15) is 0 Å². The topological polar surface area (TPSA) is 50.4 Å². The van der Waals surface area contributed by atoms with E-state index in [1.165, 1.54) is 12.1 Å². The van der Waals surface area contributed by atoms with Crippen LogP contribution in [-0.4, -0.2) is 44.2 Å². The number of alkyl halides is 2. The monoisotopic (exact) mass is 378 g/mol. The lowest BCUT2D eigenvalue weighted by Gasteiger charge is -2.38. The van der Waals surface area contributed by atoms with Gasteiger partial charge in [-0.25, -0.2) is 13.2 Å². The predicted molar refractivity (Wildman–Crippen MR) is 89.7 cm³/mol. The van der Waals surface area contributed by atoms with E-state index < -0.39 is 30.8 Å². The summed E-state index contributed by atoms with van der Waals surface area (Å²) < 4.78 is 45.1. The van der Waals surface area contributed by atoms with Crippen molar-refractivity contribution >= 4 is 18.3 Å². The molecule has 4 nitrogen and oxygen atoms in total. The lowest BCUT2D eigenvalue weighted by Crippen LogP contribution is -2.48. The second kappa shape index (κ2) is 7.93. The summed E-state index contributed by atoms with van der Waals surface area (Å²) in [6.07, 6.45) is 0.895. The fraction of sp³-hybridized carbons (Fsp3) is 0.588. The first-order valence-electron chi connectivity index (χ1n) is 8.13. The van der Waals surface area contributed by atoms with E-state index in [4.69, 9.17) is 4.74 Å². The van der Waals surface area contributed by atoms with Crippen molar-refractivity contribution in [3.05, 3.63) is 35.6 Å². The third kappa shape index (κ3) is 4.65. The van der Waals surface area contributed by atoms with Crippen molar-refractivity contribution in [2.75, 3.05) is 26.3 Å². The van der Waals surface area contributed by atoms with Crippen molar-refractivity contribution < 1.29 is 22.7 Å². The number of ether oxygens (including phenoxy) is 1. The van der Waals surface area contributed by atoms with Crippen LogP contribution in [0.5, 0.6) is 0 Å². The molecule has 0 radical (unpaired) electrons. The molecule has 0 saturated carbocycles. The van der Waals surface area contributed by atoms with Crippen LogP contribution < -0.4 is 10.6 Å². The maximum absolute atomic E-state index is 13.2. The average Bonchev–Trinajstić information content (AvgIpc) is 2.94. The molecule has 140 valence electrons. The summed E-state index contributed by atoms with van der Waals surface area (Å²) in [5.74, 6) is -3.57. The molecule has 2 saturated heterocycles. The summed E-state index contributed by atoms with van der Waals surface area (Å²) in [6, 6.07) is 5.36. The van der Waals surface area contributed by atoms with Crippen LogP contribution in [0, 0.1) is 5.82 Å². The Kier molecular flexibility index (Phi) is 6.35. The zero-order valence-corrected chi connectivity index (χ0v) is 14.5. The molecule has 1 aromatic carbocycles. The largest absolute Gasteiger partial charge is 0.381 e. The van der Waals surface area contributed by atoms with Gasteiger partial charge in [-0.1, -0.05) is 12.1 Å². The van der Waals surface area contributed by atoms with Crippen LogP contribution in [0.4, 0.5) is 13.2 Å². The molecule has 0 spiro atoms. The summed E-state index contributed by atoms with van der Waals surface area (Å²) in [4.78, 5) is 12.2. The van der Waals surface area contributed by atoms with E-state index in [0.717, 1.165) is 5.56 Å². The molecular weight excluding hydrogens is 357 g/mol. The van der Waals surface area contributed by atoms with E-state index in [1.54, 1.807) is 12.1 Å². The number of amides is 1. The van der Waals surface area contributed by atoms with Crippen molar-refractivity contribution in [1.29, 1.82) is 0 Å². The third-order valence-electron chi connectivity index (χ3n) is 4.93. The summed E-state index contributed by atoms with van der Waals surface area (Å²) in [5.41, 5.74) is 0.570. The number of benzene rings is 1. The van der Waals surface area contributed by atoms with Crippen LogP contribution in [0.2, 0.25) is 0 Å². The van der Waals surface area contributed by atoms with Crippen LogP contribution in [0.25, 0.3) is 0 Å². The van der Waals surface area contributed by atoms with Gasteiger partial charge in [-0.3, -0.25) is 10.1 Å². The highest BCUT2D eigenvalue weighted by atomic mass is 35.5. The number of rotatable bonds is 4. The fourth-order valence-electron chi connectivity index (χ4n) is 3.41. The Bertz CT molecular complexity index is 592. The first kappa shape index (κ1) is 20.0. The van der Waals surface area contributed by atoms with Crippen molar-refractivity contribution in [3.8, 4) is 0 Å². The highest BCUT2D eigenvalue weighted by molar-refractivity contribution is 5.85. The first-order valence-corrected chi connectivity index (χ1v) is 8.13. The number of halogens is 4. The van der Waals surface area contributed by atoms with Crippen molar-refractivity contribution in [3.63, 3.8) is 0 Å². The molecule has 1 amide bonds. The minimum absolute atomic E-state index is 0. The molecule has 8 heteroatoms. The predicted octanol–water partition coefficient (Wildman–Crippen LogP) is 2.41. The van der Waals surface area contributed by atoms with Crippen LogP contribution in [-0.2, 0) is 14.9 Å². The van der Waals surface area contributed by atoms with Crippen LogP contribution >= 0.6 is 12.4 Å². The zero-order chi connectivity index (χ0) is 17.2. The highest BCUT2D eigenvalue weighted by Gasteiger charge is 2.43. The van der Waals surface area contributed by atoms with Crippen LogP contribution in [0.1, 0.15) is 24.8 Å². The summed E-state index contributed by atoms with van der Waals surface area (Å²) >= 11 is 0. The second-order valence-corrected chi connectivity index (χ2v) is 6.61. The van der Waals surface area contributed by atoms with E-state index in [0.29, 0.717) is 32.6 Å². The Morgan fingerprint density at radius 3 is 2.44 bits per heavy atom. The van der Waals surface area contributed by atoms with Crippen molar-refractivity contribution in [1.82, 2.24) is 10.6 Å². The molecule has 2 N–H and O–H groups in total. The Balaban J connectivity index is 0.00000225. The highest BCUT2D eigenvalue weighted by Crippen LogP contribution is 2.34. The molecular formula is C17H22ClF3N2O2. The van der Waals surface area contributed by atoms with Gasteiger partial charge in [0.05, 0.1) is 12.6 Å². The van der Waals surface area contributed by atoms with Gasteiger partial charge in [0.2, 0.25) is 5.91 Å². The molecule has 1 aromatic rings. The van der Waals surface area contributed by atoms with Gasteiger partial charge in [0, 0.05) is 31.6 Å². The Morgan fingerprint density at radius 1 is 1.24 bits per heavy atom. The number of nitrogens with one attached hydrogen (secondary N) is 2.